The number of halogens is 4. The molecule has 1 aromatic heterocycles. The number of rotatable bonds is 10. The maximum Gasteiger partial charge on any atom is 0.427 e. The van der Waals surface area contributed by atoms with Gasteiger partial charge >= 0.3 is 12.3 Å². The van der Waals surface area contributed by atoms with E-state index in [1.807, 2.05) is 26.0 Å². The molecule has 0 spiro atoms. The van der Waals surface area contributed by atoms with Gasteiger partial charge in [0.05, 0.1) is 11.8 Å². The molecule has 1 aromatic carbocycles. The van der Waals surface area contributed by atoms with Gasteiger partial charge in [0.15, 0.2) is 0 Å². The second-order valence-electron chi connectivity index (χ2n) is 17.3. The van der Waals surface area contributed by atoms with Crippen LogP contribution in [0.5, 0.6) is 11.8 Å². The van der Waals surface area contributed by atoms with Crippen molar-refractivity contribution in [1.29, 1.82) is 0 Å². The molecule has 2 saturated carbocycles. The van der Waals surface area contributed by atoms with E-state index < -0.39 is 92.6 Å². The van der Waals surface area contributed by atoms with Crippen LogP contribution in [-0.4, -0.2) is 102 Å². The summed E-state index contributed by atoms with van der Waals surface area (Å²) in [5, 5.41) is 5.65. The highest BCUT2D eigenvalue weighted by Gasteiger charge is 2.62. The fraction of sp³-hybridized carbons (Fsp3) is 0.634. The number of alkyl carbamates (subject to hydrolysis) is 1. The molecule has 6 rings (SSSR count). The number of carbonyl (C=O) groups is 4. The summed E-state index contributed by atoms with van der Waals surface area (Å²) in [6.07, 6.45) is -2.94. The van der Waals surface area contributed by atoms with Gasteiger partial charge in [-0.3, -0.25) is 19.1 Å². The first-order chi connectivity index (χ1) is 28.0. The van der Waals surface area contributed by atoms with Gasteiger partial charge in [-0.25, -0.2) is 17.6 Å². The van der Waals surface area contributed by atoms with Gasteiger partial charge in [-0.1, -0.05) is 38.1 Å². The van der Waals surface area contributed by atoms with Crippen molar-refractivity contribution in [3.05, 3.63) is 42.0 Å². The quantitative estimate of drug-likeness (QED) is 0.202. The summed E-state index contributed by atoms with van der Waals surface area (Å²) in [4.78, 5) is 62.0. The van der Waals surface area contributed by atoms with E-state index in [0.29, 0.717) is 56.7 Å². The first-order valence-electron chi connectivity index (χ1n) is 20.3. The van der Waals surface area contributed by atoms with E-state index in [1.54, 1.807) is 31.2 Å². The van der Waals surface area contributed by atoms with Crippen LogP contribution in [0.3, 0.4) is 0 Å². The van der Waals surface area contributed by atoms with E-state index in [4.69, 9.17) is 14.2 Å². The minimum Gasteiger partial charge on any atom is -0.474 e. The molecule has 0 radical (unpaired) electrons. The summed E-state index contributed by atoms with van der Waals surface area (Å²) >= 11 is 0. The molecule has 2 aromatic rings. The smallest absolute Gasteiger partial charge is 0.427 e. The van der Waals surface area contributed by atoms with E-state index in [1.165, 1.54) is 6.92 Å². The molecular formula is C41H53F4N5O9S. The van der Waals surface area contributed by atoms with Crippen LogP contribution in [0.25, 0.3) is 10.8 Å². The summed E-state index contributed by atoms with van der Waals surface area (Å²) < 4.78 is 99.9. The van der Waals surface area contributed by atoms with Crippen LogP contribution in [0.4, 0.5) is 22.4 Å². The lowest BCUT2D eigenvalue weighted by molar-refractivity contribution is -0.244. The number of benzene rings is 1. The third-order valence-corrected chi connectivity index (χ3v) is 13.5. The summed E-state index contributed by atoms with van der Waals surface area (Å²) in [5.74, 6) is -3.73. The predicted octanol–water partition coefficient (Wildman–Crippen LogP) is 5.56. The van der Waals surface area contributed by atoms with Crippen molar-refractivity contribution in [1.82, 2.24) is 25.2 Å². The summed E-state index contributed by atoms with van der Waals surface area (Å²) in [6.45, 7) is 7.55. The van der Waals surface area contributed by atoms with Gasteiger partial charge in [-0.2, -0.15) is 18.2 Å². The molecule has 0 bridgehead atoms. The van der Waals surface area contributed by atoms with Crippen LogP contribution in [0.1, 0.15) is 85.1 Å². The Morgan fingerprint density at radius 2 is 1.82 bits per heavy atom. The zero-order valence-electron chi connectivity index (χ0n) is 34.4. The molecule has 2 unspecified atom stereocenters. The van der Waals surface area contributed by atoms with Crippen molar-refractivity contribution >= 4 is 44.6 Å². The summed E-state index contributed by atoms with van der Waals surface area (Å²) in [5.41, 5.74) is -3.75. The highest BCUT2D eigenvalue weighted by atomic mass is 32.2. The number of carbonyl (C=O) groups excluding carboxylic acids is 4. The molecule has 3 fully saturated rings. The van der Waals surface area contributed by atoms with E-state index in [2.05, 4.69) is 20.3 Å². The zero-order valence-corrected chi connectivity index (χ0v) is 35.3. The van der Waals surface area contributed by atoms with Crippen molar-refractivity contribution in [2.75, 3.05) is 13.2 Å². The number of amides is 4. The highest BCUT2D eigenvalue weighted by Crippen LogP contribution is 2.46. The number of hydrogen-bond acceptors (Lipinski definition) is 10. The molecule has 1 saturated heterocycles. The number of hydrogen-bond donors (Lipinski definition) is 3. The minimum absolute atomic E-state index is 0.0571. The van der Waals surface area contributed by atoms with Crippen molar-refractivity contribution in [3.63, 3.8) is 0 Å². The van der Waals surface area contributed by atoms with E-state index >= 15 is 0 Å². The summed E-state index contributed by atoms with van der Waals surface area (Å²) in [6, 6.07) is 4.16. The number of allylic oxidation sites excluding steroid dienone is 1. The van der Waals surface area contributed by atoms with Crippen molar-refractivity contribution < 1.29 is 59.4 Å². The van der Waals surface area contributed by atoms with Crippen LogP contribution in [0.15, 0.2) is 36.4 Å². The van der Waals surface area contributed by atoms with Gasteiger partial charge in [0, 0.05) is 23.8 Å². The first-order valence-corrected chi connectivity index (χ1v) is 21.8. The molecule has 330 valence electrons. The molecule has 19 heteroatoms. The van der Waals surface area contributed by atoms with Gasteiger partial charge in [-0.05, 0) is 95.1 Å². The lowest BCUT2D eigenvalue weighted by Gasteiger charge is -2.34. The van der Waals surface area contributed by atoms with Crippen LogP contribution in [0, 0.1) is 24.7 Å². The maximum atomic E-state index is 14.8. The van der Waals surface area contributed by atoms with Gasteiger partial charge in [0.25, 0.3) is 5.91 Å². The van der Waals surface area contributed by atoms with Gasteiger partial charge in [-0.15, -0.1) is 0 Å². The molecule has 3 heterocycles. The van der Waals surface area contributed by atoms with Gasteiger partial charge in [0.2, 0.25) is 39.2 Å². The lowest BCUT2D eigenvalue weighted by Crippen LogP contribution is -2.59. The monoisotopic (exact) mass is 867 g/mol. The second-order valence-corrected chi connectivity index (χ2v) is 19.3. The van der Waals surface area contributed by atoms with Crippen LogP contribution >= 0.6 is 0 Å². The Balaban J connectivity index is 1.37. The van der Waals surface area contributed by atoms with E-state index in [-0.39, 0.29) is 43.7 Å². The van der Waals surface area contributed by atoms with Crippen LogP contribution < -0.4 is 24.8 Å². The maximum absolute atomic E-state index is 14.8. The SMILES string of the molecule is Cc1cccc2c(O[C@@H]3C[C@H]4C(=O)N[C@]5(C(=O)NS(=O)(=O)C6CC6)C[C@H]5/C=C\CC[C@@H](C)C[C@@H](C)C(NC(=O)OC(C)(C)C(F)(F)F)C(=O)N4C3)nc(OCC(C)F)cc12. The number of aromatic nitrogens is 1. The van der Waals surface area contributed by atoms with Crippen LogP contribution in [0.2, 0.25) is 0 Å². The Bertz CT molecular complexity index is 2130. The fourth-order valence-corrected chi connectivity index (χ4v) is 9.20. The predicted molar refractivity (Wildman–Crippen MR) is 211 cm³/mol. The van der Waals surface area contributed by atoms with Crippen molar-refractivity contribution in [2.45, 2.75) is 133 Å². The zero-order chi connectivity index (χ0) is 43.9. The normalized spacial score (nSPS) is 28.9. The summed E-state index contributed by atoms with van der Waals surface area (Å²) in [7, 11) is -4.01. The molecule has 2 aliphatic carbocycles. The average Bonchev–Trinajstić information content (AvgIpc) is 4.07. The highest BCUT2D eigenvalue weighted by molar-refractivity contribution is 7.91. The molecule has 4 amide bonds. The van der Waals surface area contributed by atoms with Gasteiger partial charge in [0.1, 0.15) is 36.5 Å². The number of pyridine rings is 1. The van der Waals surface area contributed by atoms with Gasteiger partial charge < -0.3 is 29.7 Å². The molecular weight excluding hydrogens is 815 g/mol. The van der Waals surface area contributed by atoms with E-state index in [9.17, 15) is 45.2 Å². The molecule has 3 N–H and O–H groups in total. The van der Waals surface area contributed by atoms with Crippen LogP contribution in [-0.2, 0) is 29.1 Å². The lowest BCUT2D eigenvalue weighted by atomic mass is 9.88. The number of fused-ring (bicyclic) bond motifs is 3. The van der Waals surface area contributed by atoms with Crippen molar-refractivity contribution in [2.24, 2.45) is 17.8 Å². The molecule has 60 heavy (non-hydrogen) atoms. The number of nitrogens with one attached hydrogen (secondary N) is 3. The number of sulfonamides is 1. The molecule has 14 nitrogen and oxygen atoms in total. The Labute approximate surface area is 346 Å². The van der Waals surface area contributed by atoms with Crippen molar-refractivity contribution in [3.8, 4) is 11.8 Å². The minimum atomic E-state index is -4.93. The first kappa shape index (κ1) is 44.9. The Morgan fingerprint density at radius 3 is 2.48 bits per heavy atom. The molecule has 2 aliphatic heterocycles. The number of ether oxygens (including phenoxy) is 3. The third kappa shape index (κ3) is 9.92. The van der Waals surface area contributed by atoms with E-state index in [0.717, 1.165) is 10.5 Å². The standard InChI is InChI=1S/C41H53F4N5O9S/c1-22-10-7-8-12-26-19-40(26,37(53)49-60(55,56)28-14-15-28)48-34(51)31-17-27(58-35-29-13-9-11-23(2)30(29)18-32(46-35)57-21-25(4)42)20-50(31)36(52)33(24(3)16-22)47-38(54)59-39(5,6)41(43,44)45/h8-9,11-13,18,22,24-28,31,33H,7,10,14-17,19-21H2,1-6H3,(H,47,54)(H,48,51)(H,49,53)/b12-8-/t22-,24-,25?,26-,27-,31+,33?,40-/m1/s1. The fourth-order valence-electron chi connectivity index (χ4n) is 7.84. The topological polar surface area (TPSA) is 182 Å². The Morgan fingerprint density at radius 1 is 1.10 bits per heavy atom. The Hall–Kier alpha value is -4.68. The number of nitrogens with zero attached hydrogens (tertiary/aromatic N) is 2. The average molecular weight is 868 g/mol. The Kier molecular flexibility index (Phi) is 12.7. The second kappa shape index (κ2) is 17.0. The molecule has 4 aliphatic rings. The number of alkyl halides is 4. The third-order valence-electron chi connectivity index (χ3n) is 11.7. The number of aryl methyl sites for hydroxylation is 1. The molecule has 8 atom stereocenters. The largest absolute Gasteiger partial charge is 0.474 e.